The summed E-state index contributed by atoms with van der Waals surface area (Å²) in [4.78, 5) is 0. The number of nitrogens with two attached hydrogens (primary N) is 1. The average Bonchev–Trinajstić information content (AvgIpc) is 1.37. The van der Waals surface area contributed by atoms with Gasteiger partial charge in [0.25, 0.3) is 0 Å². The fourth-order valence-corrected chi connectivity index (χ4v) is 0. The molecule has 0 spiro atoms. The third-order valence-corrected chi connectivity index (χ3v) is 0.732. The van der Waals surface area contributed by atoms with Crippen LogP contribution in [0.1, 0.15) is 0 Å². The second kappa shape index (κ2) is 4.00. The minimum atomic E-state index is 1.10. The molecule has 2 nitrogen and oxygen atoms in total. The molecule has 0 unspecified atom stereocenters. The summed E-state index contributed by atoms with van der Waals surface area (Å²) in [6, 6.07) is 0. The van der Waals surface area contributed by atoms with Crippen molar-refractivity contribution in [1.29, 1.82) is 0 Å². The van der Waals surface area contributed by atoms with Gasteiger partial charge in [0.2, 0.25) is 0 Å². The number of hydrogen-bond donors (Lipinski definition) is 1. The van der Waals surface area contributed by atoms with Gasteiger partial charge < -0.3 is 0 Å². The van der Waals surface area contributed by atoms with Crippen LogP contribution < -0.4 is 5.90 Å². The Morgan fingerprint density at radius 1 is 2.00 bits per heavy atom. The maximum atomic E-state index is 4.48. The van der Waals surface area contributed by atoms with Crippen LogP contribution >= 0.6 is 30.4 Å². The zero-order chi connectivity index (χ0) is 3.41. The Hall–Kier alpha value is 1.00. The first-order valence-corrected chi connectivity index (χ1v) is 3.84. The molecule has 0 saturated carbocycles. The van der Waals surface area contributed by atoms with Crippen molar-refractivity contribution in [3.05, 3.63) is 0 Å². The third kappa shape index (κ3) is 3.00. The van der Waals surface area contributed by atoms with Gasteiger partial charge in [-0.2, -0.15) is 0 Å². The van der Waals surface area contributed by atoms with Crippen molar-refractivity contribution >= 4 is 30.4 Å². The molecule has 4 heteroatoms. The molecule has 0 aliphatic heterocycles. The summed E-state index contributed by atoms with van der Waals surface area (Å²) in [6.07, 6.45) is 0. The molecule has 0 aliphatic rings. The number of hydrogen-bond acceptors (Lipinski definition) is 3. The van der Waals surface area contributed by atoms with Crippen LogP contribution in [0.15, 0.2) is 0 Å². The molecule has 0 bridgehead atoms. The predicted octanol–water partition coefficient (Wildman–Crippen LogP) is 0.875. The highest BCUT2D eigenvalue weighted by Gasteiger charge is 1.56. The molecule has 4 heavy (non-hydrogen) atoms. The first-order valence-electron chi connectivity index (χ1n) is 0.557. The summed E-state index contributed by atoms with van der Waals surface area (Å²) < 4.78 is 3.94. The average molecular weight is 191 g/mol. The molecule has 26 valence electrons. The SMILES string of the molecule is NOSI. The summed E-state index contributed by atoms with van der Waals surface area (Å²) >= 11 is 1.92. The van der Waals surface area contributed by atoms with Crippen molar-refractivity contribution < 1.29 is 4.28 Å². The molecule has 2 N–H and O–H groups in total. The van der Waals surface area contributed by atoms with Gasteiger partial charge in [-0.3, -0.25) is 0 Å². The van der Waals surface area contributed by atoms with E-state index in [0.717, 1.165) is 9.21 Å². The fraction of sp³-hybridized carbons (Fsp3) is 0. The molecule has 0 atom stereocenters. The van der Waals surface area contributed by atoms with Crippen LogP contribution in [0.2, 0.25) is 0 Å². The van der Waals surface area contributed by atoms with E-state index in [1.165, 1.54) is 0 Å². The van der Waals surface area contributed by atoms with E-state index >= 15 is 0 Å². The number of rotatable bonds is 1. The van der Waals surface area contributed by atoms with Crippen LogP contribution in [0, 0.1) is 0 Å². The smallest absolute Gasteiger partial charge is 0.0883 e. The van der Waals surface area contributed by atoms with Crippen molar-refractivity contribution in [1.82, 2.24) is 0 Å². The van der Waals surface area contributed by atoms with E-state index in [1.54, 1.807) is 0 Å². The van der Waals surface area contributed by atoms with Gasteiger partial charge in [-0.1, -0.05) is 0 Å². The van der Waals surface area contributed by atoms with E-state index in [0.29, 0.717) is 0 Å². The minimum absolute atomic E-state index is 1.10. The highest BCUT2D eigenvalue weighted by Crippen LogP contribution is 2.06. The summed E-state index contributed by atoms with van der Waals surface area (Å²) in [5.41, 5.74) is 0. The predicted molar refractivity (Wildman–Crippen MR) is 26.9 cm³/mol. The molecule has 0 rings (SSSR count). The maximum Gasteiger partial charge on any atom is 0.0883 e. The van der Waals surface area contributed by atoms with Crippen LogP contribution in [-0.2, 0) is 4.28 Å². The lowest BCUT2D eigenvalue weighted by molar-refractivity contribution is 0.406. The monoisotopic (exact) mass is 191 g/mol. The van der Waals surface area contributed by atoms with Crippen LogP contribution in [0.3, 0.4) is 0 Å². The molecule has 0 aliphatic carbocycles. The van der Waals surface area contributed by atoms with Crippen LogP contribution in [-0.4, -0.2) is 0 Å². The van der Waals surface area contributed by atoms with Gasteiger partial charge in [-0.05, 0) is 0 Å². The topological polar surface area (TPSA) is 35.2 Å². The van der Waals surface area contributed by atoms with Gasteiger partial charge in [0.1, 0.15) is 0 Å². The van der Waals surface area contributed by atoms with Crippen molar-refractivity contribution in [2.75, 3.05) is 0 Å². The van der Waals surface area contributed by atoms with Crippen LogP contribution in [0.25, 0.3) is 0 Å². The van der Waals surface area contributed by atoms with E-state index in [2.05, 4.69) is 10.2 Å². The molecule has 0 fully saturated rings. The minimum Gasteiger partial charge on any atom is -0.223 e. The van der Waals surface area contributed by atoms with Crippen molar-refractivity contribution in [2.24, 2.45) is 5.90 Å². The molecule has 0 amide bonds. The Bertz CT molecular complexity index is 10.0. The fourth-order valence-electron chi connectivity index (χ4n) is 0. The Morgan fingerprint density at radius 2 is 2.25 bits per heavy atom. The van der Waals surface area contributed by atoms with Crippen LogP contribution in [0.4, 0.5) is 0 Å². The highest BCUT2D eigenvalue weighted by atomic mass is 127. The quantitative estimate of drug-likeness (QED) is 0.379. The largest absolute Gasteiger partial charge is 0.223 e. The maximum absolute atomic E-state index is 4.48. The normalized spacial score (nSPS) is 7.50. The molecular weight excluding hydrogens is 189 g/mol. The van der Waals surface area contributed by atoms with Crippen LogP contribution in [0.5, 0.6) is 0 Å². The summed E-state index contributed by atoms with van der Waals surface area (Å²) in [7, 11) is 1.10. The molecule has 0 aromatic heterocycles. The first-order chi connectivity index (χ1) is 1.91. The molecule has 0 saturated heterocycles. The lowest BCUT2D eigenvalue weighted by Gasteiger charge is -1.71. The zero-order valence-corrected chi connectivity index (χ0v) is 4.75. The summed E-state index contributed by atoms with van der Waals surface area (Å²) in [6.45, 7) is 0. The lowest BCUT2D eigenvalue weighted by Crippen LogP contribution is -1.81. The number of halogens is 1. The second-order valence-electron chi connectivity index (χ2n) is 0.159. The van der Waals surface area contributed by atoms with Gasteiger partial charge in [0.05, 0.1) is 9.21 Å². The van der Waals surface area contributed by atoms with Gasteiger partial charge in [-0.15, -0.1) is 0 Å². The van der Waals surface area contributed by atoms with E-state index in [-0.39, 0.29) is 0 Å². The Labute approximate surface area is 40.8 Å². The highest BCUT2D eigenvalue weighted by molar-refractivity contribution is 14.2. The Kier molecular flexibility index (Phi) is 5.00. The molecular formula is H2INOS. The van der Waals surface area contributed by atoms with E-state index < -0.39 is 0 Å². The summed E-state index contributed by atoms with van der Waals surface area (Å²) in [5, 5.41) is 0. The zero-order valence-electron chi connectivity index (χ0n) is 1.77. The molecule has 0 aromatic carbocycles. The van der Waals surface area contributed by atoms with Gasteiger partial charge >= 0.3 is 0 Å². The van der Waals surface area contributed by atoms with Gasteiger partial charge in [-0.25, -0.2) is 10.2 Å². The molecule has 0 radical (unpaired) electrons. The standard InChI is InChI=1S/H2INOS/c1-4-3-2/h2H2. The molecule has 0 heterocycles. The van der Waals surface area contributed by atoms with Gasteiger partial charge in [0.15, 0.2) is 0 Å². The van der Waals surface area contributed by atoms with Crippen molar-refractivity contribution in [3.8, 4) is 0 Å². The first kappa shape index (κ1) is 5.00. The van der Waals surface area contributed by atoms with E-state index in [9.17, 15) is 0 Å². The lowest BCUT2D eigenvalue weighted by atomic mass is 13.6. The molecule has 0 aromatic rings. The van der Waals surface area contributed by atoms with Crippen molar-refractivity contribution in [2.45, 2.75) is 0 Å². The van der Waals surface area contributed by atoms with Crippen molar-refractivity contribution in [3.63, 3.8) is 0 Å². The third-order valence-electron chi connectivity index (χ3n) is 0.0364. The summed E-state index contributed by atoms with van der Waals surface area (Å²) in [5.74, 6) is 4.48. The Morgan fingerprint density at radius 3 is 2.25 bits per heavy atom. The second-order valence-corrected chi connectivity index (χ2v) is 1.56. The van der Waals surface area contributed by atoms with E-state index in [4.69, 9.17) is 0 Å². The Balaban J connectivity index is 1.97. The van der Waals surface area contributed by atoms with Gasteiger partial charge in [0, 0.05) is 21.2 Å². The van der Waals surface area contributed by atoms with E-state index in [1.807, 2.05) is 21.2 Å².